The van der Waals surface area contributed by atoms with E-state index >= 15 is 0 Å². The lowest BCUT2D eigenvalue weighted by atomic mass is 10.3. The minimum Gasteiger partial charge on any atom is -0.478 e. The smallest absolute Gasteiger partial charge is 0.315 e. The summed E-state index contributed by atoms with van der Waals surface area (Å²) >= 11 is 2.96. The zero-order valence-corrected chi connectivity index (χ0v) is 10.5. The molecule has 0 amide bonds. The zero-order chi connectivity index (χ0) is 13.0. The van der Waals surface area contributed by atoms with Crippen LogP contribution in [-0.2, 0) is 4.79 Å². The molecule has 92 valence electrons. The van der Waals surface area contributed by atoms with Crippen LogP contribution >= 0.6 is 15.9 Å². The Morgan fingerprint density at radius 1 is 1.59 bits per heavy atom. The van der Waals surface area contributed by atoms with Gasteiger partial charge < -0.3 is 4.74 Å². The van der Waals surface area contributed by atoms with E-state index in [-0.39, 0.29) is 29.0 Å². The molecule has 0 fully saturated rings. The molecule has 0 heterocycles. The van der Waals surface area contributed by atoms with Crippen molar-refractivity contribution in [2.75, 3.05) is 6.61 Å². The highest BCUT2D eigenvalue weighted by Gasteiger charge is 2.21. The average Bonchev–Trinajstić information content (AvgIpc) is 2.26. The Morgan fingerprint density at radius 2 is 2.24 bits per heavy atom. The van der Waals surface area contributed by atoms with E-state index < -0.39 is 16.4 Å². The van der Waals surface area contributed by atoms with Crippen LogP contribution in [0.2, 0.25) is 0 Å². The van der Waals surface area contributed by atoms with Gasteiger partial charge >= 0.3 is 5.69 Å². The highest BCUT2D eigenvalue weighted by atomic mass is 79.9. The molecule has 0 N–H and O–H groups in total. The van der Waals surface area contributed by atoms with Crippen LogP contribution in [-0.4, -0.2) is 17.3 Å². The second-order valence-electron chi connectivity index (χ2n) is 3.17. The molecular weight excluding hydrogens is 297 g/mol. The van der Waals surface area contributed by atoms with Gasteiger partial charge in [0.05, 0.1) is 15.5 Å². The number of ether oxygens (including phenoxy) is 1. The number of Topliss-reactive ketones (excluding diaryl/α,β-unsaturated/α-hetero) is 1. The number of halogens is 2. The van der Waals surface area contributed by atoms with Crippen LogP contribution in [0.5, 0.6) is 5.75 Å². The molecule has 1 rings (SSSR count). The maximum absolute atomic E-state index is 13.0. The number of nitrogens with zero attached hydrogens (tertiary/aromatic N) is 1. The van der Waals surface area contributed by atoms with Crippen LogP contribution in [0, 0.1) is 15.9 Å². The van der Waals surface area contributed by atoms with Crippen molar-refractivity contribution < 1.29 is 18.8 Å². The fraction of sp³-hybridized carbons (Fsp3) is 0.300. The van der Waals surface area contributed by atoms with Gasteiger partial charge in [0.15, 0.2) is 5.78 Å². The Balaban J connectivity index is 3.04. The lowest BCUT2D eigenvalue weighted by Crippen LogP contribution is -2.11. The molecule has 0 aromatic heterocycles. The number of nitro benzene ring substituents is 1. The second kappa shape index (κ2) is 5.72. The van der Waals surface area contributed by atoms with Crippen molar-refractivity contribution in [2.45, 2.75) is 13.3 Å². The highest BCUT2D eigenvalue weighted by Crippen LogP contribution is 2.35. The van der Waals surface area contributed by atoms with Crippen LogP contribution in [0.3, 0.4) is 0 Å². The Kier molecular flexibility index (Phi) is 4.56. The molecule has 0 aliphatic rings. The molecule has 0 saturated heterocycles. The summed E-state index contributed by atoms with van der Waals surface area (Å²) < 4.78 is 18.1. The van der Waals surface area contributed by atoms with Gasteiger partial charge in [0.2, 0.25) is 5.75 Å². The Labute approximate surface area is 105 Å². The zero-order valence-electron chi connectivity index (χ0n) is 8.91. The van der Waals surface area contributed by atoms with Gasteiger partial charge in [0.1, 0.15) is 12.4 Å². The van der Waals surface area contributed by atoms with E-state index in [2.05, 4.69) is 15.9 Å². The van der Waals surface area contributed by atoms with Crippen molar-refractivity contribution in [1.82, 2.24) is 0 Å². The molecule has 0 bridgehead atoms. The van der Waals surface area contributed by atoms with E-state index in [1.54, 1.807) is 6.92 Å². The van der Waals surface area contributed by atoms with E-state index in [1.165, 1.54) is 0 Å². The van der Waals surface area contributed by atoms with E-state index in [4.69, 9.17) is 4.74 Å². The van der Waals surface area contributed by atoms with Gasteiger partial charge in [-0.25, -0.2) is 4.39 Å². The summed E-state index contributed by atoms with van der Waals surface area (Å²) in [5.41, 5.74) is -0.513. The predicted molar refractivity (Wildman–Crippen MR) is 61.5 cm³/mol. The maximum Gasteiger partial charge on any atom is 0.315 e. The van der Waals surface area contributed by atoms with E-state index in [0.717, 1.165) is 12.1 Å². The number of hydrogen-bond acceptors (Lipinski definition) is 4. The first-order chi connectivity index (χ1) is 7.95. The number of ketones is 1. The van der Waals surface area contributed by atoms with Crippen molar-refractivity contribution in [2.24, 2.45) is 0 Å². The lowest BCUT2D eigenvalue weighted by Gasteiger charge is -2.07. The maximum atomic E-state index is 13.0. The fourth-order valence-electron chi connectivity index (χ4n) is 1.08. The highest BCUT2D eigenvalue weighted by molar-refractivity contribution is 9.10. The Morgan fingerprint density at radius 3 is 2.76 bits per heavy atom. The van der Waals surface area contributed by atoms with Crippen molar-refractivity contribution in [3.05, 3.63) is 32.5 Å². The van der Waals surface area contributed by atoms with Crippen molar-refractivity contribution in [3.63, 3.8) is 0 Å². The molecule has 0 saturated carbocycles. The van der Waals surface area contributed by atoms with E-state index in [1.807, 2.05) is 0 Å². The molecule has 0 radical (unpaired) electrons. The number of carbonyl (C=O) groups excluding carboxylic acids is 1. The third-order valence-corrected chi connectivity index (χ3v) is 2.55. The molecular formula is C10H9BrFNO4. The van der Waals surface area contributed by atoms with Gasteiger partial charge in [-0.2, -0.15) is 0 Å². The number of rotatable bonds is 5. The molecule has 0 aliphatic heterocycles. The molecule has 7 heteroatoms. The summed E-state index contributed by atoms with van der Waals surface area (Å²) in [5, 5.41) is 10.7. The van der Waals surface area contributed by atoms with Crippen LogP contribution in [0.15, 0.2) is 16.6 Å². The number of benzene rings is 1. The molecule has 1 aromatic carbocycles. The van der Waals surface area contributed by atoms with Gasteiger partial charge in [-0.15, -0.1) is 0 Å². The lowest BCUT2D eigenvalue weighted by molar-refractivity contribution is -0.386. The SMILES string of the molecule is CCC(=O)COc1c(Br)cc(F)cc1[N+](=O)[O-]. The summed E-state index contributed by atoms with van der Waals surface area (Å²) in [7, 11) is 0. The van der Waals surface area contributed by atoms with Gasteiger partial charge in [-0.1, -0.05) is 6.92 Å². The molecule has 0 unspecified atom stereocenters. The van der Waals surface area contributed by atoms with Gasteiger partial charge in [-0.3, -0.25) is 14.9 Å². The largest absolute Gasteiger partial charge is 0.478 e. The van der Waals surface area contributed by atoms with Crippen molar-refractivity contribution >= 4 is 27.4 Å². The van der Waals surface area contributed by atoms with Crippen molar-refractivity contribution in [1.29, 1.82) is 0 Å². The molecule has 5 nitrogen and oxygen atoms in total. The third-order valence-electron chi connectivity index (χ3n) is 1.96. The normalized spacial score (nSPS) is 10.1. The minimum absolute atomic E-state index is 0.105. The van der Waals surface area contributed by atoms with E-state index in [9.17, 15) is 19.3 Å². The van der Waals surface area contributed by atoms with Gasteiger partial charge in [0, 0.05) is 6.42 Å². The molecule has 17 heavy (non-hydrogen) atoms. The quantitative estimate of drug-likeness (QED) is 0.619. The van der Waals surface area contributed by atoms with Gasteiger partial charge in [-0.05, 0) is 22.0 Å². The third kappa shape index (κ3) is 3.48. The monoisotopic (exact) mass is 305 g/mol. The second-order valence-corrected chi connectivity index (χ2v) is 4.03. The number of hydrogen-bond donors (Lipinski definition) is 0. The Bertz CT molecular complexity index is 464. The summed E-state index contributed by atoms with van der Waals surface area (Å²) in [6.07, 6.45) is 0.270. The standard InChI is InChI=1S/C10H9BrFNO4/c1-2-7(14)5-17-10-8(11)3-6(12)4-9(10)13(15)16/h3-4H,2,5H2,1H3. The summed E-state index contributed by atoms with van der Waals surface area (Å²) in [6, 6.07) is 1.79. The topological polar surface area (TPSA) is 69.4 Å². The van der Waals surface area contributed by atoms with Crippen LogP contribution in [0.4, 0.5) is 10.1 Å². The van der Waals surface area contributed by atoms with Crippen LogP contribution in [0.1, 0.15) is 13.3 Å². The summed E-state index contributed by atoms with van der Waals surface area (Å²) in [6.45, 7) is 1.38. The molecule has 0 aliphatic carbocycles. The fourth-order valence-corrected chi connectivity index (χ4v) is 1.62. The van der Waals surface area contributed by atoms with Crippen LogP contribution in [0.25, 0.3) is 0 Å². The molecule has 1 aromatic rings. The summed E-state index contributed by atoms with van der Waals surface area (Å²) in [5.74, 6) is -1.09. The minimum atomic E-state index is -0.764. The van der Waals surface area contributed by atoms with Crippen LogP contribution < -0.4 is 4.74 Å². The first-order valence-corrected chi connectivity index (χ1v) is 5.53. The summed E-state index contributed by atoms with van der Waals surface area (Å²) in [4.78, 5) is 21.0. The number of nitro groups is 1. The predicted octanol–water partition coefficient (Wildman–Crippen LogP) is 2.85. The Hall–Kier alpha value is -1.50. The van der Waals surface area contributed by atoms with E-state index in [0.29, 0.717) is 0 Å². The average molecular weight is 306 g/mol. The molecule has 0 spiro atoms. The van der Waals surface area contributed by atoms with Crippen molar-refractivity contribution in [3.8, 4) is 5.75 Å². The first-order valence-electron chi connectivity index (χ1n) is 4.73. The molecule has 0 atom stereocenters. The number of carbonyl (C=O) groups is 1. The van der Waals surface area contributed by atoms with Gasteiger partial charge in [0.25, 0.3) is 0 Å². The first kappa shape index (κ1) is 13.6.